The van der Waals surface area contributed by atoms with Crippen molar-refractivity contribution in [1.29, 1.82) is 0 Å². The molecule has 0 spiro atoms. The molecule has 32 heavy (non-hydrogen) atoms. The Morgan fingerprint density at radius 2 is 1.91 bits per heavy atom. The summed E-state index contributed by atoms with van der Waals surface area (Å²) in [4.78, 5) is 22.7. The molecule has 0 fully saturated rings. The number of amides is 1. The molecule has 4 aromatic rings. The maximum absolute atomic E-state index is 12.5. The van der Waals surface area contributed by atoms with Crippen LogP contribution < -0.4 is 10.1 Å². The van der Waals surface area contributed by atoms with Gasteiger partial charge in [-0.2, -0.15) is 10.2 Å². The Morgan fingerprint density at radius 3 is 2.62 bits per heavy atom. The minimum Gasteiger partial charge on any atom is -0.486 e. The van der Waals surface area contributed by atoms with Gasteiger partial charge in [-0.1, -0.05) is 0 Å². The smallest absolute Gasteiger partial charge is 0.291 e. The number of anilines is 1. The number of carbonyl (C=O) groups is 1. The summed E-state index contributed by atoms with van der Waals surface area (Å²) in [5.74, 6) is 0.612. The number of nitro groups is 1. The summed E-state index contributed by atoms with van der Waals surface area (Å²) in [6.07, 6.45) is 7.02. The highest BCUT2D eigenvalue weighted by Gasteiger charge is 2.13. The zero-order chi connectivity index (χ0) is 22.5. The number of nitrogens with zero attached hydrogens (tertiary/aromatic N) is 5. The van der Waals surface area contributed by atoms with Crippen LogP contribution >= 0.6 is 0 Å². The van der Waals surface area contributed by atoms with E-state index in [1.54, 1.807) is 35.4 Å². The van der Waals surface area contributed by atoms with Crippen molar-refractivity contribution in [2.24, 2.45) is 0 Å². The van der Waals surface area contributed by atoms with Crippen LogP contribution in [0.3, 0.4) is 0 Å². The molecule has 3 aromatic heterocycles. The van der Waals surface area contributed by atoms with Crippen molar-refractivity contribution in [1.82, 2.24) is 19.6 Å². The minimum absolute atomic E-state index is 0.0198. The lowest BCUT2D eigenvalue weighted by Crippen LogP contribution is -2.10. The van der Waals surface area contributed by atoms with Gasteiger partial charge >= 0.3 is 0 Å². The van der Waals surface area contributed by atoms with E-state index in [4.69, 9.17) is 9.15 Å². The van der Waals surface area contributed by atoms with Crippen LogP contribution in [0.5, 0.6) is 5.75 Å². The molecule has 11 nitrogen and oxygen atoms in total. The molecule has 0 saturated carbocycles. The first-order valence-electron chi connectivity index (χ1n) is 9.81. The van der Waals surface area contributed by atoms with E-state index < -0.39 is 10.8 Å². The average Bonchev–Trinajstić information content (AvgIpc) is 3.54. The molecule has 11 heteroatoms. The summed E-state index contributed by atoms with van der Waals surface area (Å²) in [5, 5.41) is 21.9. The number of aryl methyl sites for hydroxylation is 1. The third-order valence-electron chi connectivity index (χ3n) is 4.56. The Morgan fingerprint density at radius 1 is 1.12 bits per heavy atom. The number of nitro benzene ring substituents is 1. The van der Waals surface area contributed by atoms with Gasteiger partial charge in [0.15, 0.2) is 5.76 Å². The zero-order valence-corrected chi connectivity index (χ0v) is 17.2. The number of carbonyl (C=O) groups excluding carboxylic acids is 1. The molecule has 1 N–H and O–H groups in total. The Balaban J connectivity index is 1.30. The molecule has 3 heterocycles. The predicted molar refractivity (Wildman–Crippen MR) is 113 cm³/mol. The van der Waals surface area contributed by atoms with Gasteiger partial charge in [-0.3, -0.25) is 24.3 Å². The second-order valence-corrected chi connectivity index (χ2v) is 6.89. The van der Waals surface area contributed by atoms with E-state index in [0.717, 1.165) is 12.1 Å². The van der Waals surface area contributed by atoms with E-state index in [9.17, 15) is 14.9 Å². The first-order valence-corrected chi connectivity index (χ1v) is 9.81. The largest absolute Gasteiger partial charge is 0.486 e. The number of rotatable bonds is 9. The number of furan rings is 1. The topological polar surface area (TPSA) is 130 Å². The number of hydrogen-bond acceptors (Lipinski definition) is 7. The van der Waals surface area contributed by atoms with Crippen LogP contribution in [0.25, 0.3) is 0 Å². The SMILES string of the molecule is CCn1cc(Cn2cc(NC(=O)c3ccc(COc4ccc([N+](=O)[O-])cc4)o3)cn2)cn1. The Bertz CT molecular complexity index is 1220. The van der Waals surface area contributed by atoms with Crippen LogP contribution in [0, 0.1) is 10.1 Å². The van der Waals surface area contributed by atoms with Crippen LogP contribution in [0.15, 0.2) is 65.6 Å². The van der Waals surface area contributed by atoms with Crippen LogP contribution in [0.1, 0.15) is 28.8 Å². The van der Waals surface area contributed by atoms with Crippen molar-refractivity contribution in [3.05, 3.63) is 88.4 Å². The summed E-state index contributed by atoms with van der Waals surface area (Å²) in [5.41, 5.74) is 1.53. The van der Waals surface area contributed by atoms with Crippen molar-refractivity contribution in [3.8, 4) is 5.75 Å². The lowest BCUT2D eigenvalue weighted by atomic mass is 10.3. The average molecular weight is 436 g/mol. The predicted octanol–water partition coefficient (Wildman–Crippen LogP) is 3.48. The van der Waals surface area contributed by atoms with Gasteiger partial charge in [-0.15, -0.1) is 0 Å². The van der Waals surface area contributed by atoms with E-state index >= 15 is 0 Å². The molecule has 0 aliphatic rings. The van der Waals surface area contributed by atoms with Crippen LogP contribution in [-0.2, 0) is 19.7 Å². The monoisotopic (exact) mass is 436 g/mol. The Kier molecular flexibility index (Phi) is 5.97. The van der Waals surface area contributed by atoms with E-state index in [0.29, 0.717) is 23.7 Å². The van der Waals surface area contributed by atoms with E-state index in [1.165, 1.54) is 24.3 Å². The fourth-order valence-electron chi connectivity index (χ4n) is 2.95. The molecule has 0 unspecified atom stereocenters. The molecular formula is C21H20N6O5. The standard InChI is InChI=1S/C21H20N6O5/c1-2-25-11-15(9-22-25)12-26-13-16(10-23-26)24-21(28)20-8-7-19(32-20)14-31-18-5-3-17(4-6-18)27(29)30/h3-11,13H,2,12,14H2,1H3,(H,24,28). The molecule has 164 valence electrons. The van der Waals surface area contributed by atoms with Gasteiger partial charge in [0.2, 0.25) is 0 Å². The lowest BCUT2D eigenvalue weighted by molar-refractivity contribution is -0.384. The van der Waals surface area contributed by atoms with Gasteiger partial charge in [0.25, 0.3) is 11.6 Å². The zero-order valence-electron chi connectivity index (χ0n) is 17.2. The Labute approximate surface area is 182 Å². The van der Waals surface area contributed by atoms with E-state index in [2.05, 4.69) is 15.5 Å². The highest BCUT2D eigenvalue weighted by molar-refractivity contribution is 6.02. The van der Waals surface area contributed by atoms with Crippen molar-refractivity contribution >= 4 is 17.3 Å². The molecule has 0 aliphatic carbocycles. The van der Waals surface area contributed by atoms with Crippen molar-refractivity contribution < 1.29 is 18.9 Å². The number of benzene rings is 1. The summed E-state index contributed by atoms with van der Waals surface area (Å²) < 4.78 is 14.6. The normalized spacial score (nSPS) is 10.8. The Hall–Kier alpha value is -4.41. The lowest BCUT2D eigenvalue weighted by Gasteiger charge is -2.03. The number of ether oxygens (including phenoxy) is 1. The van der Waals surface area contributed by atoms with Crippen molar-refractivity contribution in [2.45, 2.75) is 26.6 Å². The van der Waals surface area contributed by atoms with Crippen molar-refractivity contribution in [3.63, 3.8) is 0 Å². The highest BCUT2D eigenvalue weighted by Crippen LogP contribution is 2.19. The van der Waals surface area contributed by atoms with Crippen molar-refractivity contribution in [2.75, 3.05) is 5.32 Å². The molecule has 4 rings (SSSR count). The fourth-order valence-corrected chi connectivity index (χ4v) is 2.95. The van der Waals surface area contributed by atoms with Gasteiger partial charge in [0.05, 0.1) is 29.5 Å². The highest BCUT2D eigenvalue weighted by atomic mass is 16.6. The quantitative estimate of drug-likeness (QED) is 0.314. The van der Waals surface area contributed by atoms with Gasteiger partial charge in [0, 0.05) is 36.6 Å². The fraction of sp³-hybridized carbons (Fsp3) is 0.190. The second-order valence-electron chi connectivity index (χ2n) is 6.89. The molecule has 1 amide bonds. The summed E-state index contributed by atoms with van der Waals surface area (Å²) >= 11 is 0. The molecular weight excluding hydrogens is 416 g/mol. The minimum atomic E-state index is -0.481. The van der Waals surface area contributed by atoms with E-state index in [1.807, 2.05) is 17.8 Å². The second kappa shape index (κ2) is 9.16. The summed E-state index contributed by atoms with van der Waals surface area (Å²) in [7, 11) is 0. The summed E-state index contributed by atoms with van der Waals surface area (Å²) in [6, 6.07) is 8.89. The number of aromatic nitrogens is 4. The van der Waals surface area contributed by atoms with Gasteiger partial charge in [0.1, 0.15) is 18.1 Å². The van der Waals surface area contributed by atoms with Gasteiger partial charge in [-0.25, -0.2) is 0 Å². The van der Waals surface area contributed by atoms with Gasteiger partial charge < -0.3 is 14.5 Å². The maximum Gasteiger partial charge on any atom is 0.291 e. The van der Waals surface area contributed by atoms with Crippen LogP contribution in [0.2, 0.25) is 0 Å². The molecule has 0 atom stereocenters. The third kappa shape index (κ3) is 5.01. The van der Waals surface area contributed by atoms with E-state index in [-0.39, 0.29) is 18.1 Å². The molecule has 0 aliphatic heterocycles. The molecule has 0 bridgehead atoms. The molecule has 0 saturated heterocycles. The summed E-state index contributed by atoms with van der Waals surface area (Å²) in [6.45, 7) is 3.43. The molecule has 0 radical (unpaired) electrons. The molecule has 1 aromatic carbocycles. The number of non-ortho nitro benzene ring substituents is 1. The number of nitrogens with one attached hydrogen (secondary N) is 1. The first-order chi connectivity index (χ1) is 15.5. The first kappa shape index (κ1) is 20.8. The number of hydrogen-bond donors (Lipinski definition) is 1. The van der Waals surface area contributed by atoms with Crippen LogP contribution in [-0.4, -0.2) is 30.4 Å². The maximum atomic E-state index is 12.5. The third-order valence-corrected chi connectivity index (χ3v) is 4.56. The van der Waals surface area contributed by atoms with Crippen LogP contribution in [0.4, 0.5) is 11.4 Å². The van der Waals surface area contributed by atoms with Gasteiger partial charge in [-0.05, 0) is 31.2 Å².